The third-order valence-corrected chi connectivity index (χ3v) is 3.93. The Morgan fingerprint density at radius 1 is 1.52 bits per heavy atom. The van der Waals surface area contributed by atoms with Crippen LogP contribution in [0.5, 0.6) is 0 Å². The van der Waals surface area contributed by atoms with Gasteiger partial charge in [0.05, 0.1) is 21.9 Å². The Morgan fingerprint density at radius 2 is 2.24 bits per heavy atom. The number of nitrogens with one attached hydrogen (secondary N) is 1. The summed E-state index contributed by atoms with van der Waals surface area (Å²) < 4.78 is 14.5. The lowest BCUT2D eigenvalue weighted by atomic mass is 9.87. The lowest BCUT2D eigenvalue weighted by Crippen LogP contribution is -2.29. The fraction of sp³-hybridized carbons (Fsp3) is 0.400. The van der Waals surface area contributed by atoms with Crippen LogP contribution in [0.1, 0.15) is 31.7 Å². The van der Waals surface area contributed by atoms with Gasteiger partial charge in [-0.2, -0.15) is 0 Å². The molecule has 5 nitrogen and oxygen atoms in total. The number of nitrogens with zero attached hydrogens (tertiary/aromatic N) is 2. The van der Waals surface area contributed by atoms with Gasteiger partial charge in [0.1, 0.15) is 5.82 Å². The smallest absolute Gasteiger partial charge is 0.281 e. The van der Waals surface area contributed by atoms with Crippen molar-refractivity contribution in [3.8, 4) is 0 Å². The summed E-state index contributed by atoms with van der Waals surface area (Å²) in [7, 11) is 1.81. The van der Waals surface area contributed by atoms with E-state index in [1.54, 1.807) is 12.1 Å². The Bertz CT molecular complexity index is 675. The zero-order valence-corrected chi connectivity index (χ0v) is 12.3. The molecule has 6 heteroatoms. The summed E-state index contributed by atoms with van der Waals surface area (Å²) in [6.45, 7) is 3.93. The van der Waals surface area contributed by atoms with Gasteiger partial charge in [-0.15, -0.1) is 0 Å². The number of nitro groups is 1. The van der Waals surface area contributed by atoms with E-state index in [-0.39, 0.29) is 17.6 Å². The summed E-state index contributed by atoms with van der Waals surface area (Å²) >= 11 is 0. The van der Waals surface area contributed by atoms with E-state index in [0.717, 1.165) is 6.07 Å². The van der Waals surface area contributed by atoms with E-state index in [1.807, 2.05) is 20.9 Å². The molecule has 1 N–H and O–H groups in total. The van der Waals surface area contributed by atoms with Gasteiger partial charge in [0.2, 0.25) is 0 Å². The lowest BCUT2D eigenvalue weighted by molar-refractivity contribution is -0.383. The normalized spacial score (nSPS) is 14.1. The van der Waals surface area contributed by atoms with Crippen LogP contribution >= 0.6 is 0 Å². The van der Waals surface area contributed by atoms with Crippen LogP contribution in [0.2, 0.25) is 0 Å². The molecule has 0 fully saturated rings. The van der Waals surface area contributed by atoms with Crippen molar-refractivity contribution in [1.82, 2.24) is 10.3 Å². The number of nitro benzene ring substituents is 1. The van der Waals surface area contributed by atoms with Crippen LogP contribution in [0.3, 0.4) is 0 Å². The second-order valence-corrected chi connectivity index (χ2v) is 5.04. The van der Waals surface area contributed by atoms with Gasteiger partial charge in [0.25, 0.3) is 5.69 Å². The molecule has 0 spiro atoms. The highest BCUT2D eigenvalue weighted by molar-refractivity contribution is 5.90. The predicted molar refractivity (Wildman–Crippen MR) is 79.9 cm³/mol. The second kappa shape index (κ2) is 6.13. The van der Waals surface area contributed by atoms with Gasteiger partial charge in [0.15, 0.2) is 0 Å². The quantitative estimate of drug-likeness (QED) is 0.677. The molecule has 0 aliphatic rings. The monoisotopic (exact) mass is 291 g/mol. The molecule has 1 aromatic heterocycles. The van der Waals surface area contributed by atoms with Crippen LogP contribution in [0.4, 0.5) is 10.1 Å². The number of pyridine rings is 1. The van der Waals surface area contributed by atoms with Gasteiger partial charge in [-0.05, 0) is 32.5 Å². The maximum atomic E-state index is 14.5. The van der Waals surface area contributed by atoms with Crippen molar-refractivity contribution in [2.75, 3.05) is 7.05 Å². The topological polar surface area (TPSA) is 68.1 Å². The maximum absolute atomic E-state index is 14.5. The largest absolute Gasteiger partial charge is 0.317 e. The molecule has 2 rings (SSSR count). The molecule has 0 bridgehead atoms. The van der Waals surface area contributed by atoms with Gasteiger partial charge < -0.3 is 5.32 Å². The van der Waals surface area contributed by atoms with E-state index >= 15 is 0 Å². The first-order valence-corrected chi connectivity index (χ1v) is 6.90. The van der Waals surface area contributed by atoms with E-state index in [4.69, 9.17) is 0 Å². The second-order valence-electron chi connectivity index (χ2n) is 5.04. The minimum atomic E-state index is -0.570. The van der Waals surface area contributed by atoms with Gasteiger partial charge in [-0.1, -0.05) is 6.92 Å². The van der Waals surface area contributed by atoms with E-state index in [2.05, 4.69) is 10.3 Å². The summed E-state index contributed by atoms with van der Waals surface area (Å²) in [5.41, 5.74) is 0.574. The minimum Gasteiger partial charge on any atom is -0.317 e. The standard InChI is InChI=1S/C15H18FN3O2/c1-4-10(9(2)17-3)14-12(16)8-13(19(20)21)11-6-5-7-18-15(11)14/h5-10,17H,4H2,1-3H3. The molecule has 0 saturated heterocycles. The fourth-order valence-electron chi connectivity index (χ4n) is 2.73. The minimum absolute atomic E-state index is 0.0381. The molecule has 0 aliphatic heterocycles. The van der Waals surface area contributed by atoms with E-state index in [9.17, 15) is 14.5 Å². The van der Waals surface area contributed by atoms with Crippen LogP contribution in [0.25, 0.3) is 10.9 Å². The Morgan fingerprint density at radius 3 is 2.81 bits per heavy atom. The summed E-state index contributed by atoms with van der Waals surface area (Å²) in [5.74, 6) is -0.671. The van der Waals surface area contributed by atoms with Crippen LogP contribution in [-0.2, 0) is 0 Å². The molecule has 2 unspecified atom stereocenters. The lowest BCUT2D eigenvalue weighted by Gasteiger charge is -2.24. The van der Waals surface area contributed by atoms with Crippen LogP contribution in [0.15, 0.2) is 24.4 Å². The summed E-state index contributed by atoms with van der Waals surface area (Å²) in [4.78, 5) is 14.7. The Labute approximate surface area is 122 Å². The summed E-state index contributed by atoms with van der Waals surface area (Å²) in [6.07, 6.45) is 2.24. The highest BCUT2D eigenvalue weighted by atomic mass is 19.1. The first-order valence-electron chi connectivity index (χ1n) is 6.90. The number of hydrogen-bond acceptors (Lipinski definition) is 4. The molecule has 1 heterocycles. The Kier molecular flexibility index (Phi) is 4.47. The molecule has 0 aliphatic carbocycles. The number of non-ortho nitro benzene ring substituents is 1. The van der Waals surface area contributed by atoms with Crippen molar-refractivity contribution in [2.45, 2.75) is 32.2 Å². The first kappa shape index (κ1) is 15.3. The molecule has 0 saturated carbocycles. The number of likely N-dealkylation sites (N-methyl/N-ethyl adjacent to an activating group) is 1. The van der Waals surface area contributed by atoms with Crippen molar-refractivity contribution in [3.63, 3.8) is 0 Å². The Hall–Kier alpha value is -2.08. The van der Waals surface area contributed by atoms with E-state index in [0.29, 0.717) is 22.9 Å². The van der Waals surface area contributed by atoms with Crippen LogP contribution < -0.4 is 5.32 Å². The average molecular weight is 291 g/mol. The van der Waals surface area contributed by atoms with Crippen LogP contribution in [0, 0.1) is 15.9 Å². The number of rotatable bonds is 5. The molecule has 1 aromatic carbocycles. The highest BCUT2D eigenvalue weighted by Gasteiger charge is 2.27. The van der Waals surface area contributed by atoms with Crippen molar-refractivity contribution in [2.24, 2.45) is 0 Å². The van der Waals surface area contributed by atoms with Gasteiger partial charge in [-0.25, -0.2) is 4.39 Å². The van der Waals surface area contributed by atoms with Crippen LogP contribution in [-0.4, -0.2) is 23.0 Å². The van der Waals surface area contributed by atoms with Crippen molar-refractivity contribution < 1.29 is 9.31 Å². The Balaban J connectivity index is 2.78. The zero-order chi connectivity index (χ0) is 15.6. The van der Waals surface area contributed by atoms with Crippen molar-refractivity contribution in [3.05, 3.63) is 45.9 Å². The van der Waals surface area contributed by atoms with Gasteiger partial charge in [0, 0.05) is 23.7 Å². The predicted octanol–water partition coefficient (Wildman–Crippen LogP) is 3.38. The van der Waals surface area contributed by atoms with Crippen molar-refractivity contribution >= 4 is 16.6 Å². The molecule has 0 amide bonds. The molecule has 0 radical (unpaired) electrons. The highest BCUT2D eigenvalue weighted by Crippen LogP contribution is 2.36. The molecule has 21 heavy (non-hydrogen) atoms. The SMILES string of the molecule is CCC(c1c(F)cc([N+](=O)[O-])c2cccnc12)C(C)NC. The molecular weight excluding hydrogens is 273 g/mol. The third kappa shape index (κ3) is 2.71. The van der Waals surface area contributed by atoms with Gasteiger partial charge >= 0.3 is 0 Å². The molecule has 2 aromatic rings. The number of halogens is 1. The molecular formula is C15H18FN3O2. The number of fused-ring (bicyclic) bond motifs is 1. The first-order chi connectivity index (χ1) is 10.0. The maximum Gasteiger partial charge on any atom is 0.281 e. The third-order valence-electron chi connectivity index (χ3n) is 3.93. The van der Waals surface area contributed by atoms with E-state index in [1.165, 1.54) is 6.20 Å². The summed E-state index contributed by atoms with van der Waals surface area (Å²) in [5, 5.41) is 14.6. The van der Waals surface area contributed by atoms with E-state index < -0.39 is 10.7 Å². The number of aromatic nitrogens is 1. The zero-order valence-electron chi connectivity index (χ0n) is 12.3. The molecule has 112 valence electrons. The number of benzene rings is 1. The summed E-state index contributed by atoms with van der Waals surface area (Å²) in [6, 6.07) is 4.28. The molecule has 2 atom stereocenters. The van der Waals surface area contributed by atoms with Gasteiger partial charge in [-0.3, -0.25) is 15.1 Å². The average Bonchev–Trinajstić information content (AvgIpc) is 2.49. The van der Waals surface area contributed by atoms with Crippen molar-refractivity contribution in [1.29, 1.82) is 0 Å². The fourth-order valence-corrected chi connectivity index (χ4v) is 2.73. The number of hydrogen-bond donors (Lipinski definition) is 1.